The summed E-state index contributed by atoms with van der Waals surface area (Å²) in [4.78, 5) is 28.0. The summed E-state index contributed by atoms with van der Waals surface area (Å²) in [6, 6.07) is 6.58. The van der Waals surface area contributed by atoms with Crippen molar-refractivity contribution in [3.05, 3.63) is 64.4 Å². The summed E-state index contributed by atoms with van der Waals surface area (Å²) in [6.07, 6.45) is -5.13. The van der Waals surface area contributed by atoms with Crippen molar-refractivity contribution in [3.63, 3.8) is 0 Å². The van der Waals surface area contributed by atoms with Crippen molar-refractivity contribution in [2.45, 2.75) is 26.6 Å². The molecule has 0 fully saturated rings. The third-order valence-corrected chi connectivity index (χ3v) is 4.49. The smallest absolute Gasteiger partial charge is 0.473 e. The monoisotopic (exact) mass is 487 g/mol. The number of pyridine rings is 1. The van der Waals surface area contributed by atoms with Crippen molar-refractivity contribution >= 4 is 17.4 Å². The highest BCUT2D eigenvalue weighted by Crippen LogP contribution is 2.25. The van der Waals surface area contributed by atoms with Gasteiger partial charge in [-0.2, -0.15) is 22.8 Å². The second kappa shape index (κ2) is 10.0. The molecule has 0 radical (unpaired) electrons. The van der Waals surface area contributed by atoms with Crippen molar-refractivity contribution < 1.29 is 45.9 Å². The Morgan fingerprint density at radius 2 is 1.76 bits per heavy atom. The highest BCUT2D eigenvalue weighted by Gasteiger charge is 2.40. The number of halogens is 5. The maximum atomic E-state index is 13.9. The molecule has 0 saturated heterocycles. The normalized spacial score (nSPS) is 11.5. The van der Waals surface area contributed by atoms with E-state index in [1.165, 1.54) is 17.5 Å². The Balaban J connectivity index is 1.72. The fraction of sp³-hybridized carbons (Fsp3) is 0.286. The molecule has 8 nitrogen and oxygen atoms in total. The summed E-state index contributed by atoms with van der Waals surface area (Å²) in [5.41, 5.74) is 3.00. The van der Waals surface area contributed by atoms with Gasteiger partial charge in [0.1, 0.15) is 31.5 Å². The maximum absolute atomic E-state index is 13.9. The van der Waals surface area contributed by atoms with Crippen molar-refractivity contribution in [1.82, 2.24) is 15.1 Å². The Labute approximate surface area is 189 Å². The van der Waals surface area contributed by atoms with Gasteiger partial charge in [-0.3, -0.25) is 9.63 Å². The number of hydroxylamine groups is 1. The Morgan fingerprint density at radius 3 is 2.41 bits per heavy atom. The first-order valence-electron chi connectivity index (χ1n) is 9.70. The molecule has 13 heteroatoms. The topological polar surface area (TPSA) is 91.2 Å². The van der Waals surface area contributed by atoms with Gasteiger partial charge in [-0.1, -0.05) is 6.07 Å². The number of fused-ring (bicyclic) bond motifs is 1. The molecule has 2 heterocycles. The number of esters is 1. The van der Waals surface area contributed by atoms with Gasteiger partial charge in [-0.15, -0.1) is 0 Å². The number of nitrogens with zero attached hydrogens (tertiary/aromatic N) is 2. The summed E-state index contributed by atoms with van der Waals surface area (Å²) < 4.78 is 74.8. The zero-order valence-corrected chi connectivity index (χ0v) is 17.8. The van der Waals surface area contributed by atoms with Gasteiger partial charge in [-0.25, -0.2) is 19.1 Å². The lowest BCUT2D eigenvalue weighted by atomic mass is 10.1. The molecule has 1 N–H and O–H groups in total. The molecule has 0 aliphatic carbocycles. The zero-order valence-electron chi connectivity index (χ0n) is 17.8. The average molecular weight is 487 g/mol. The number of aryl methyl sites for hydroxylation is 2. The summed E-state index contributed by atoms with van der Waals surface area (Å²) in [5.74, 6) is -4.59. The van der Waals surface area contributed by atoms with Gasteiger partial charge in [0.2, 0.25) is 5.88 Å². The van der Waals surface area contributed by atoms with E-state index in [-0.39, 0.29) is 28.2 Å². The molecular formula is C21H18F5N3O5. The number of ether oxygens (including phenoxy) is 2. The number of carbonyl (C=O) groups excluding carboxylic acids is 2. The molecule has 2 aromatic heterocycles. The number of hydrogen-bond acceptors (Lipinski definition) is 6. The van der Waals surface area contributed by atoms with Crippen molar-refractivity contribution in [1.29, 1.82) is 0 Å². The van der Waals surface area contributed by atoms with Crippen LogP contribution >= 0.6 is 0 Å². The first-order chi connectivity index (χ1) is 16.0. The molecule has 182 valence electrons. The van der Waals surface area contributed by atoms with Crippen LogP contribution in [0, 0.1) is 25.5 Å². The van der Waals surface area contributed by atoms with Crippen LogP contribution in [0.1, 0.15) is 27.2 Å². The average Bonchev–Trinajstić information content (AvgIpc) is 3.07. The maximum Gasteiger partial charge on any atom is 0.490 e. The zero-order chi connectivity index (χ0) is 25.0. The minimum atomic E-state index is -5.13. The van der Waals surface area contributed by atoms with E-state index in [2.05, 4.69) is 9.84 Å². The SMILES string of the molecule is Cc1cc(OCc2c(F)cccc2F)n2nc(C)c(C(=O)NOCCOC(=O)C(F)(F)F)c2c1. The summed E-state index contributed by atoms with van der Waals surface area (Å²) >= 11 is 0. The van der Waals surface area contributed by atoms with E-state index < -0.39 is 49.5 Å². The largest absolute Gasteiger partial charge is 0.490 e. The molecule has 0 saturated carbocycles. The number of carbonyl (C=O) groups is 2. The third kappa shape index (κ3) is 5.60. The third-order valence-electron chi connectivity index (χ3n) is 4.49. The Kier molecular flexibility index (Phi) is 7.35. The predicted molar refractivity (Wildman–Crippen MR) is 106 cm³/mol. The van der Waals surface area contributed by atoms with E-state index in [9.17, 15) is 31.5 Å². The molecule has 3 aromatic rings. The first kappa shape index (κ1) is 24.9. The van der Waals surface area contributed by atoms with Crippen LogP contribution in [-0.4, -0.2) is 40.9 Å². The van der Waals surface area contributed by atoms with Crippen LogP contribution in [0.25, 0.3) is 5.52 Å². The fourth-order valence-electron chi connectivity index (χ4n) is 2.98. The van der Waals surface area contributed by atoms with Gasteiger partial charge < -0.3 is 9.47 Å². The lowest BCUT2D eigenvalue weighted by Crippen LogP contribution is -2.29. The Hall–Kier alpha value is -3.74. The van der Waals surface area contributed by atoms with Crippen molar-refractivity contribution in [2.24, 2.45) is 0 Å². The van der Waals surface area contributed by atoms with Gasteiger partial charge in [0.25, 0.3) is 5.91 Å². The highest BCUT2D eigenvalue weighted by molar-refractivity contribution is 6.01. The number of alkyl halides is 3. The van der Waals surface area contributed by atoms with Crippen molar-refractivity contribution in [3.8, 4) is 5.88 Å². The lowest BCUT2D eigenvalue weighted by Gasteiger charge is -2.11. The molecule has 1 aromatic carbocycles. The molecule has 0 bridgehead atoms. The second-order valence-corrected chi connectivity index (χ2v) is 7.03. The van der Waals surface area contributed by atoms with Gasteiger partial charge in [-0.05, 0) is 37.6 Å². The van der Waals surface area contributed by atoms with E-state index in [0.717, 1.165) is 12.1 Å². The number of nitrogens with one attached hydrogen (secondary N) is 1. The standard InChI is InChI=1S/C21H18F5N3O5/c1-11-8-16-18(19(30)28-34-7-6-32-20(31)21(24,25)26)12(2)27-29(16)17(9-11)33-10-13-14(22)4-3-5-15(13)23/h3-5,8-9H,6-7,10H2,1-2H3,(H,28,30). The van der Waals surface area contributed by atoms with Gasteiger partial charge in [0.15, 0.2) is 0 Å². The van der Waals surface area contributed by atoms with Crippen LogP contribution in [-0.2, 0) is 21.0 Å². The number of rotatable bonds is 8. The van der Waals surface area contributed by atoms with Crippen LogP contribution in [0.3, 0.4) is 0 Å². The number of amides is 1. The molecular weight excluding hydrogens is 469 g/mol. The minimum Gasteiger partial charge on any atom is -0.473 e. The van der Waals surface area contributed by atoms with E-state index in [1.54, 1.807) is 19.1 Å². The quantitative estimate of drug-likeness (QED) is 0.226. The van der Waals surface area contributed by atoms with E-state index >= 15 is 0 Å². The number of benzene rings is 1. The molecule has 3 rings (SSSR count). The lowest BCUT2D eigenvalue weighted by molar-refractivity contribution is -0.201. The molecule has 0 aliphatic heterocycles. The fourth-order valence-corrected chi connectivity index (χ4v) is 2.98. The van der Waals surface area contributed by atoms with Crippen LogP contribution in [0.4, 0.5) is 22.0 Å². The van der Waals surface area contributed by atoms with Gasteiger partial charge in [0.05, 0.1) is 22.3 Å². The summed E-state index contributed by atoms with van der Waals surface area (Å²) in [7, 11) is 0. The van der Waals surface area contributed by atoms with Crippen LogP contribution in [0.15, 0.2) is 30.3 Å². The van der Waals surface area contributed by atoms with Crippen molar-refractivity contribution in [2.75, 3.05) is 13.2 Å². The Morgan fingerprint density at radius 1 is 1.09 bits per heavy atom. The van der Waals surface area contributed by atoms with Gasteiger partial charge in [0, 0.05) is 6.07 Å². The van der Waals surface area contributed by atoms with Crippen LogP contribution in [0.5, 0.6) is 5.88 Å². The van der Waals surface area contributed by atoms with Crippen LogP contribution < -0.4 is 10.2 Å². The van der Waals surface area contributed by atoms with E-state index in [1.807, 2.05) is 5.48 Å². The first-order valence-corrected chi connectivity index (χ1v) is 9.70. The molecule has 0 aliphatic rings. The van der Waals surface area contributed by atoms with Crippen LogP contribution in [0.2, 0.25) is 0 Å². The molecule has 34 heavy (non-hydrogen) atoms. The molecule has 0 spiro atoms. The highest BCUT2D eigenvalue weighted by atomic mass is 19.4. The van der Waals surface area contributed by atoms with Gasteiger partial charge >= 0.3 is 12.1 Å². The number of hydrogen-bond donors (Lipinski definition) is 1. The summed E-state index contributed by atoms with van der Waals surface area (Å²) in [6.45, 7) is 1.51. The predicted octanol–water partition coefficient (Wildman–Crippen LogP) is 3.58. The number of aromatic nitrogens is 2. The molecule has 0 atom stereocenters. The van der Waals surface area contributed by atoms with E-state index in [0.29, 0.717) is 5.56 Å². The summed E-state index contributed by atoms with van der Waals surface area (Å²) in [5, 5.41) is 4.22. The second-order valence-electron chi connectivity index (χ2n) is 7.03. The Bertz CT molecular complexity index is 1210. The molecule has 1 amide bonds. The minimum absolute atomic E-state index is 0.0675. The van der Waals surface area contributed by atoms with E-state index in [4.69, 9.17) is 9.57 Å². The molecule has 0 unspecified atom stereocenters.